The van der Waals surface area contributed by atoms with E-state index >= 15 is 0 Å². The number of hydrogen-bond donors (Lipinski definition) is 0. The predicted molar refractivity (Wildman–Crippen MR) is 117 cm³/mol. The summed E-state index contributed by atoms with van der Waals surface area (Å²) in [6, 6.07) is 19.1. The lowest BCUT2D eigenvalue weighted by atomic mass is 9.90. The fourth-order valence-corrected chi connectivity index (χ4v) is 3.63. The summed E-state index contributed by atoms with van der Waals surface area (Å²) < 4.78 is 10.2. The van der Waals surface area contributed by atoms with Crippen LogP contribution >= 0.6 is 0 Å². The molecule has 0 radical (unpaired) electrons. The summed E-state index contributed by atoms with van der Waals surface area (Å²) in [5.41, 5.74) is 1.83. The largest absolute Gasteiger partial charge is 0.497 e. The number of esters is 1. The van der Waals surface area contributed by atoms with Gasteiger partial charge in [-0.2, -0.15) is 5.26 Å². The van der Waals surface area contributed by atoms with E-state index in [-0.39, 0.29) is 18.1 Å². The van der Waals surface area contributed by atoms with Crippen molar-refractivity contribution >= 4 is 18.0 Å². The number of amides is 1. The Morgan fingerprint density at radius 2 is 1.77 bits per heavy atom. The summed E-state index contributed by atoms with van der Waals surface area (Å²) in [6.45, 7) is 0.950. The van der Waals surface area contributed by atoms with Crippen molar-refractivity contribution < 1.29 is 19.1 Å². The van der Waals surface area contributed by atoms with Gasteiger partial charge in [-0.15, -0.1) is 0 Å². The highest BCUT2D eigenvalue weighted by Crippen LogP contribution is 2.22. The summed E-state index contributed by atoms with van der Waals surface area (Å²) >= 11 is 0. The fourth-order valence-electron chi connectivity index (χ4n) is 3.63. The number of piperidine rings is 1. The third-order valence-corrected chi connectivity index (χ3v) is 5.43. The Morgan fingerprint density at radius 1 is 1.10 bits per heavy atom. The van der Waals surface area contributed by atoms with Gasteiger partial charge in [-0.25, -0.2) is 4.79 Å². The van der Waals surface area contributed by atoms with Crippen LogP contribution in [-0.2, 0) is 20.7 Å². The third-order valence-electron chi connectivity index (χ3n) is 5.43. The number of methoxy groups -OCH3 is 1. The van der Waals surface area contributed by atoms with Gasteiger partial charge in [0, 0.05) is 13.1 Å². The van der Waals surface area contributed by atoms with Crippen molar-refractivity contribution in [1.82, 2.24) is 4.90 Å². The molecular weight excluding hydrogens is 392 g/mol. The van der Waals surface area contributed by atoms with E-state index < -0.39 is 5.97 Å². The maximum atomic E-state index is 12.4. The van der Waals surface area contributed by atoms with Crippen molar-refractivity contribution in [2.75, 3.05) is 26.8 Å². The first-order valence-electron chi connectivity index (χ1n) is 10.3. The van der Waals surface area contributed by atoms with Gasteiger partial charge >= 0.3 is 5.97 Å². The van der Waals surface area contributed by atoms with Gasteiger partial charge in [-0.1, -0.05) is 42.5 Å². The van der Waals surface area contributed by atoms with Gasteiger partial charge in [-0.3, -0.25) is 4.79 Å². The van der Waals surface area contributed by atoms with Crippen molar-refractivity contribution in [2.24, 2.45) is 5.92 Å². The lowest BCUT2D eigenvalue weighted by molar-refractivity contribution is -0.149. The van der Waals surface area contributed by atoms with E-state index in [9.17, 15) is 14.9 Å². The minimum Gasteiger partial charge on any atom is -0.497 e. The molecule has 0 atom stereocenters. The van der Waals surface area contributed by atoms with Gasteiger partial charge in [-0.05, 0) is 54.5 Å². The minimum atomic E-state index is -0.800. The molecule has 1 amide bonds. The van der Waals surface area contributed by atoms with Crippen LogP contribution in [-0.4, -0.2) is 43.6 Å². The molecular formula is C25H26N2O4. The average Bonchev–Trinajstić information content (AvgIpc) is 2.82. The summed E-state index contributed by atoms with van der Waals surface area (Å²) in [4.78, 5) is 26.4. The number of carbonyl (C=O) groups is 2. The number of rotatable bonds is 7. The van der Waals surface area contributed by atoms with E-state index in [1.54, 1.807) is 36.3 Å². The van der Waals surface area contributed by atoms with Gasteiger partial charge in [0.25, 0.3) is 5.91 Å². The average molecular weight is 418 g/mol. The van der Waals surface area contributed by atoms with Gasteiger partial charge in [0.15, 0.2) is 6.61 Å². The van der Waals surface area contributed by atoms with E-state index in [1.807, 2.05) is 24.3 Å². The highest BCUT2D eigenvalue weighted by Gasteiger charge is 2.24. The molecule has 6 nitrogen and oxygen atoms in total. The van der Waals surface area contributed by atoms with Crippen LogP contribution in [0, 0.1) is 17.2 Å². The molecule has 6 heteroatoms. The quantitative estimate of drug-likeness (QED) is 0.390. The van der Waals surface area contributed by atoms with Gasteiger partial charge in [0.05, 0.1) is 7.11 Å². The molecule has 1 heterocycles. The van der Waals surface area contributed by atoms with Crippen molar-refractivity contribution in [3.63, 3.8) is 0 Å². The molecule has 1 aliphatic rings. The Bertz CT molecular complexity index is 953. The number of likely N-dealkylation sites (tertiary alicyclic amines) is 1. The van der Waals surface area contributed by atoms with Crippen LogP contribution in [0.5, 0.6) is 5.75 Å². The summed E-state index contributed by atoms with van der Waals surface area (Å²) in [6.07, 6.45) is 4.30. The second-order valence-corrected chi connectivity index (χ2v) is 7.53. The molecule has 0 spiro atoms. The molecule has 1 fully saturated rings. The molecule has 0 N–H and O–H groups in total. The number of benzene rings is 2. The van der Waals surface area contributed by atoms with E-state index in [2.05, 4.69) is 12.1 Å². The number of nitrogens with zero attached hydrogens (tertiary/aromatic N) is 2. The summed E-state index contributed by atoms with van der Waals surface area (Å²) in [7, 11) is 1.56. The van der Waals surface area contributed by atoms with E-state index in [4.69, 9.17) is 9.47 Å². The summed E-state index contributed by atoms with van der Waals surface area (Å²) in [5.74, 6) is 0.196. The normalized spacial score (nSPS) is 14.6. The number of nitriles is 1. The topological polar surface area (TPSA) is 79.6 Å². The summed E-state index contributed by atoms with van der Waals surface area (Å²) in [5, 5.41) is 9.28. The standard InChI is InChI=1S/C25H26N2O4/c1-30-23-9-7-20(8-10-23)16-22(17-26)25(29)31-18-24(28)27-13-11-21(12-14-27)15-19-5-3-2-4-6-19/h2-10,16,21H,11-15,18H2,1H3/b22-16+. The molecule has 2 aromatic carbocycles. The zero-order valence-corrected chi connectivity index (χ0v) is 17.6. The molecule has 1 saturated heterocycles. The lowest BCUT2D eigenvalue weighted by Crippen LogP contribution is -2.41. The van der Waals surface area contributed by atoms with Gasteiger partial charge < -0.3 is 14.4 Å². The van der Waals surface area contributed by atoms with Crippen molar-refractivity contribution in [3.05, 3.63) is 71.3 Å². The molecule has 2 aromatic rings. The maximum Gasteiger partial charge on any atom is 0.349 e. The van der Waals surface area contributed by atoms with Crippen LogP contribution in [0.1, 0.15) is 24.0 Å². The van der Waals surface area contributed by atoms with Crippen molar-refractivity contribution in [2.45, 2.75) is 19.3 Å². The lowest BCUT2D eigenvalue weighted by Gasteiger charge is -2.32. The van der Waals surface area contributed by atoms with Crippen LogP contribution in [0.3, 0.4) is 0 Å². The van der Waals surface area contributed by atoms with Crippen LogP contribution in [0.2, 0.25) is 0 Å². The fraction of sp³-hybridized carbons (Fsp3) is 0.320. The van der Waals surface area contributed by atoms with Crippen molar-refractivity contribution in [3.8, 4) is 11.8 Å². The Hall–Kier alpha value is -3.59. The maximum absolute atomic E-state index is 12.4. The molecule has 1 aliphatic heterocycles. The van der Waals surface area contributed by atoms with E-state index in [0.717, 1.165) is 19.3 Å². The molecule has 31 heavy (non-hydrogen) atoms. The van der Waals surface area contributed by atoms with Crippen LogP contribution < -0.4 is 4.74 Å². The van der Waals surface area contributed by atoms with E-state index in [1.165, 1.54) is 11.6 Å². The highest BCUT2D eigenvalue weighted by atomic mass is 16.5. The predicted octanol–water partition coefficient (Wildman–Crippen LogP) is 3.63. The SMILES string of the molecule is COc1ccc(/C=C(\C#N)C(=O)OCC(=O)N2CCC(Cc3ccccc3)CC2)cc1. The Kier molecular flexibility index (Phi) is 7.83. The van der Waals surface area contributed by atoms with Crippen molar-refractivity contribution in [1.29, 1.82) is 5.26 Å². The molecule has 0 saturated carbocycles. The second-order valence-electron chi connectivity index (χ2n) is 7.53. The monoisotopic (exact) mass is 418 g/mol. The molecule has 0 bridgehead atoms. The Balaban J connectivity index is 1.46. The molecule has 0 aliphatic carbocycles. The van der Waals surface area contributed by atoms with Gasteiger partial charge in [0.2, 0.25) is 0 Å². The zero-order chi connectivity index (χ0) is 22.1. The Morgan fingerprint density at radius 3 is 2.39 bits per heavy atom. The molecule has 0 unspecified atom stereocenters. The number of ether oxygens (including phenoxy) is 2. The second kappa shape index (κ2) is 11.0. The molecule has 160 valence electrons. The highest BCUT2D eigenvalue weighted by molar-refractivity contribution is 5.98. The zero-order valence-electron chi connectivity index (χ0n) is 17.6. The van der Waals surface area contributed by atoms with Crippen LogP contribution in [0.15, 0.2) is 60.2 Å². The molecule has 3 rings (SSSR count). The number of carbonyl (C=O) groups excluding carboxylic acids is 2. The third kappa shape index (κ3) is 6.45. The first-order chi connectivity index (χ1) is 15.1. The first-order valence-corrected chi connectivity index (χ1v) is 10.3. The minimum absolute atomic E-state index is 0.153. The Labute approximate surface area is 182 Å². The molecule has 0 aromatic heterocycles. The van der Waals surface area contributed by atoms with Crippen LogP contribution in [0.4, 0.5) is 0 Å². The number of hydrogen-bond acceptors (Lipinski definition) is 5. The van der Waals surface area contributed by atoms with Gasteiger partial charge in [0.1, 0.15) is 17.4 Å². The first kappa shape index (κ1) is 22.1. The van der Waals surface area contributed by atoms with E-state index in [0.29, 0.717) is 30.3 Å². The van der Waals surface area contributed by atoms with Crippen LogP contribution in [0.25, 0.3) is 6.08 Å². The smallest absolute Gasteiger partial charge is 0.349 e.